The van der Waals surface area contributed by atoms with Crippen LogP contribution < -0.4 is 0 Å². The fraction of sp³-hybridized carbons (Fsp3) is 1.00. The largest absolute Gasteiger partial charge is 0.277 e. The molecule has 0 aromatic rings. The van der Waals surface area contributed by atoms with E-state index in [1.165, 1.54) is 7.87 Å². The van der Waals surface area contributed by atoms with Gasteiger partial charge >= 0.3 is 0 Å². The van der Waals surface area contributed by atoms with Crippen LogP contribution in [0.4, 0.5) is 0 Å². The molecular formula is C3H6OP2S. The summed E-state index contributed by atoms with van der Waals surface area (Å²) in [5, 5.41) is 0.521. The van der Waals surface area contributed by atoms with Crippen molar-refractivity contribution in [3.8, 4) is 0 Å². The molecule has 7 heavy (non-hydrogen) atoms. The van der Waals surface area contributed by atoms with Crippen molar-refractivity contribution in [3.05, 3.63) is 0 Å². The summed E-state index contributed by atoms with van der Waals surface area (Å²) < 4.78 is 10.4. The smallest absolute Gasteiger partial charge is 0.132 e. The van der Waals surface area contributed by atoms with Gasteiger partial charge in [-0.15, -0.1) is 0 Å². The maximum absolute atomic E-state index is 10.4. The monoisotopic (exact) mass is 152 g/mol. The summed E-state index contributed by atoms with van der Waals surface area (Å²) in [7, 11) is 0.405. The zero-order valence-electron chi connectivity index (χ0n) is 3.74. The van der Waals surface area contributed by atoms with Crippen molar-refractivity contribution >= 4 is 27.6 Å². The molecule has 0 bridgehead atoms. The molecule has 0 N–H and O–H groups in total. The molecule has 0 fully saturated rings. The van der Waals surface area contributed by atoms with E-state index in [1.807, 2.05) is 0 Å². The number of hydrogen-bond donors (Lipinski definition) is 1. The van der Waals surface area contributed by atoms with Crippen LogP contribution in [0.3, 0.4) is 0 Å². The van der Waals surface area contributed by atoms with Gasteiger partial charge in [-0.2, -0.15) is 12.6 Å². The lowest BCUT2D eigenvalue weighted by Crippen LogP contribution is -1.78. The average molecular weight is 152 g/mol. The Balaban J connectivity index is 2.14. The first-order valence-electron chi connectivity index (χ1n) is 2.12. The lowest BCUT2D eigenvalue weighted by atomic mass is 10.6. The van der Waals surface area contributed by atoms with Crippen molar-refractivity contribution in [2.24, 2.45) is 0 Å². The summed E-state index contributed by atoms with van der Waals surface area (Å²) in [6.45, 7) is 0. The summed E-state index contributed by atoms with van der Waals surface area (Å²) >= 11 is 4.01. The molecule has 2 atom stereocenters. The molecule has 0 aliphatic carbocycles. The standard InChI is InChI=1S/C3H6OP2S/c4-6-3(5-6)1-2-7/h3,7H,1-2H2. The summed E-state index contributed by atoms with van der Waals surface area (Å²) in [5.41, 5.74) is 0. The van der Waals surface area contributed by atoms with Crippen molar-refractivity contribution in [2.75, 3.05) is 5.75 Å². The van der Waals surface area contributed by atoms with Crippen LogP contribution >= 0.6 is 27.6 Å². The third-order valence-corrected chi connectivity index (χ3v) is 4.74. The highest BCUT2D eigenvalue weighted by atomic mass is 32.1. The topological polar surface area (TPSA) is 17.1 Å². The molecule has 0 aromatic carbocycles. The fourth-order valence-corrected chi connectivity index (χ4v) is 3.53. The van der Waals surface area contributed by atoms with Crippen LogP contribution in [-0.4, -0.2) is 11.2 Å². The lowest BCUT2D eigenvalue weighted by molar-refractivity contribution is 0.598. The van der Waals surface area contributed by atoms with Crippen molar-refractivity contribution in [1.29, 1.82) is 0 Å². The maximum atomic E-state index is 10.4. The van der Waals surface area contributed by atoms with Crippen molar-refractivity contribution in [2.45, 2.75) is 11.8 Å². The van der Waals surface area contributed by atoms with E-state index in [2.05, 4.69) is 12.6 Å². The third-order valence-electron chi connectivity index (χ3n) is 0.835. The molecule has 40 valence electrons. The van der Waals surface area contributed by atoms with Gasteiger partial charge in [0.25, 0.3) is 0 Å². The number of thiol groups is 1. The molecule has 1 heterocycles. The first kappa shape index (κ1) is 5.88. The predicted octanol–water partition coefficient (Wildman–Crippen LogP) is 2.33. The molecule has 1 aliphatic heterocycles. The third kappa shape index (κ3) is 1.60. The molecule has 1 aliphatic rings. The SMILES string of the molecule is O=P1=PC1CCS. The number of hydrogen-bond acceptors (Lipinski definition) is 2. The van der Waals surface area contributed by atoms with Gasteiger partial charge in [0.15, 0.2) is 0 Å². The van der Waals surface area contributed by atoms with Gasteiger partial charge in [0.2, 0.25) is 0 Å². The van der Waals surface area contributed by atoms with Crippen molar-refractivity contribution in [1.82, 2.24) is 0 Å². The normalized spacial score (nSPS) is 34.4. The summed E-state index contributed by atoms with van der Waals surface area (Å²) in [4.78, 5) is 0. The van der Waals surface area contributed by atoms with Gasteiger partial charge in [0.1, 0.15) is 7.09 Å². The molecule has 4 heteroatoms. The van der Waals surface area contributed by atoms with Crippen LogP contribution in [0.25, 0.3) is 0 Å². The van der Waals surface area contributed by atoms with E-state index in [4.69, 9.17) is 0 Å². The summed E-state index contributed by atoms with van der Waals surface area (Å²) in [6.07, 6.45) is 1.04. The first-order chi connectivity index (χ1) is 3.34. The Hall–Kier alpha value is 0.750. The second kappa shape index (κ2) is 2.35. The highest BCUT2D eigenvalue weighted by Crippen LogP contribution is 2.56. The molecule has 0 amide bonds. The van der Waals surface area contributed by atoms with Crippen LogP contribution in [-0.2, 0) is 4.57 Å². The number of rotatable bonds is 2. The fourth-order valence-electron chi connectivity index (χ4n) is 0.385. The Bertz CT molecular complexity index is 138. The van der Waals surface area contributed by atoms with Gasteiger partial charge < -0.3 is 0 Å². The van der Waals surface area contributed by atoms with Crippen molar-refractivity contribution < 1.29 is 4.57 Å². The lowest BCUT2D eigenvalue weighted by Gasteiger charge is -1.81. The predicted molar refractivity (Wildman–Crippen MR) is 36.8 cm³/mol. The molecule has 0 radical (unpaired) electrons. The quantitative estimate of drug-likeness (QED) is 0.474. The highest BCUT2D eigenvalue weighted by molar-refractivity contribution is 8.05. The zero-order chi connectivity index (χ0) is 5.28. The molecule has 1 rings (SSSR count). The van der Waals surface area contributed by atoms with E-state index < -0.39 is 7.09 Å². The molecular weight excluding hydrogens is 146 g/mol. The van der Waals surface area contributed by atoms with Crippen molar-refractivity contribution in [3.63, 3.8) is 0 Å². The van der Waals surface area contributed by atoms with Crippen LogP contribution in [0, 0.1) is 0 Å². The van der Waals surface area contributed by atoms with E-state index in [0.717, 1.165) is 12.2 Å². The minimum atomic E-state index is -0.766. The van der Waals surface area contributed by atoms with Crippen LogP contribution in [0.15, 0.2) is 0 Å². The minimum absolute atomic E-state index is 0.521. The van der Waals surface area contributed by atoms with Gasteiger partial charge in [-0.25, -0.2) is 0 Å². The van der Waals surface area contributed by atoms with Gasteiger partial charge in [0.05, 0.1) is 5.40 Å². The van der Waals surface area contributed by atoms with E-state index in [1.54, 1.807) is 0 Å². The van der Waals surface area contributed by atoms with E-state index >= 15 is 0 Å². The second-order valence-electron chi connectivity index (χ2n) is 1.41. The second-order valence-corrected chi connectivity index (χ2v) is 6.22. The average Bonchev–Trinajstić information content (AvgIpc) is 2.22. The van der Waals surface area contributed by atoms with Gasteiger partial charge in [-0.3, -0.25) is 4.57 Å². The Labute approximate surface area is 50.3 Å². The van der Waals surface area contributed by atoms with Crippen LogP contribution in [0.1, 0.15) is 6.42 Å². The first-order valence-corrected chi connectivity index (χ1v) is 5.75. The Morgan fingerprint density at radius 1 is 1.86 bits per heavy atom. The van der Waals surface area contributed by atoms with Gasteiger partial charge in [-0.05, 0) is 20.0 Å². The highest BCUT2D eigenvalue weighted by Gasteiger charge is 2.20. The molecule has 0 aromatic heterocycles. The van der Waals surface area contributed by atoms with Gasteiger partial charge in [-0.1, -0.05) is 0 Å². The molecule has 0 saturated heterocycles. The molecule has 0 spiro atoms. The van der Waals surface area contributed by atoms with E-state index in [-0.39, 0.29) is 0 Å². The van der Waals surface area contributed by atoms with E-state index in [9.17, 15) is 4.57 Å². The molecule has 1 nitrogen and oxygen atoms in total. The molecule has 0 saturated carbocycles. The Morgan fingerprint density at radius 3 is 2.57 bits per heavy atom. The summed E-state index contributed by atoms with van der Waals surface area (Å²) in [5.74, 6) is 0.888. The van der Waals surface area contributed by atoms with E-state index in [0.29, 0.717) is 5.40 Å². The summed E-state index contributed by atoms with van der Waals surface area (Å²) in [6, 6.07) is 0. The maximum Gasteiger partial charge on any atom is 0.132 e. The minimum Gasteiger partial charge on any atom is -0.277 e. The Kier molecular flexibility index (Phi) is 1.97. The van der Waals surface area contributed by atoms with Crippen LogP contribution in [0.5, 0.6) is 0 Å². The Morgan fingerprint density at radius 2 is 2.43 bits per heavy atom. The zero-order valence-corrected chi connectivity index (χ0v) is 6.42. The van der Waals surface area contributed by atoms with Crippen LogP contribution in [0.2, 0.25) is 0 Å². The molecule has 2 unspecified atom stereocenters. The van der Waals surface area contributed by atoms with Gasteiger partial charge in [0, 0.05) is 0 Å².